The zero-order chi connectivity index (χ0) is 12.8. The Bertz CT molecular complexity index is 398. The molecule has 1 unspecified atom stereocenters. The first-order valence-corrected chi connectivity index (χ1v) is 5.69. The molecule has 0 spiro atoms. The largest absolute Gasteiger partial charge is 0.469 e. The molecule has 1 aromatic rings. The number of rotatable bonds is 5. The summed E-state index contributed by atoms with van der Waals surface area (Å²) in [4.78, 5) is 23.3. The maximum Gasteiger partial charge on any atom is 0.255 e. The van der Waals surface area contributed by atoms with E-state index < -0.39 is 6.04 Å². The molecule has 0 aromatic carbocycles. The van der Waals surface area contributed by atoms with Crippen LogP contribution in [0, 0.1) is 6.92 Å². The van der Waals surface area contributed by atoms with Gasteiger partial charge in [0.05, 0.1) is 11.8 Å². The minimum atomic E-state index is -0.552. The van der Waals surface area contributed by atoms with Crippen LogP contribution in [0.4, 0.5) is 0 Å². The van der Waals surface area contributed by atoms with Crippen molar-refractivity contribution < 1.29 is 14.0 Å². The summed E-state index contributed by atoms with van der Waals surface area (Å²) in [6, 6.07) is 1.03. The van der Waals surface area contributed by atoms with Crippen molar-refractivity contribution in [2.45, 2.75) is 33.2 Å². The van der Waals surface area contributed by atoms with E-state index in [0.717, 1.165) is 6.42 Å². The summed E-state index contributed by atoms with van der Waals surface area (Å²) in [5.74, 6) is 0.0698. The van der Waals surface area contributed by atoms with Crippen molar-refractivity contribution in [2.24, 2.45) is 0 Å². The molecule has 5 heteroatoms. The molecule has 0 aliphatic rings. The zero-order valence-electron chi connectivity index (χ0n) is 10.4. The number of nitrogens with one attached hydrogen (secondary N) is 2. The number of aryl methyl sites for hydroxylation is 1. The molecule has 5 nitrogen and oxygen atoms in total. The lowest BCUT2D eigenvalue weighted by molar-refractivity contribution is -0.122. The van der Waals surface area contributed by atoms with Crippen LogP contribution in [0.1, 0.15) is 36.4 Å². The monoisotopic (exact) mass is 238 g/mol. The van der Waals surface area contributed by atoms with Crippen LogP contribution in [0.15, 0.2) is 16.7 Å². The van der Waals surface area contributed by atoms with E-state index >= 15 is 0 Å². The third kappa shape index (κ3) is 3.62. The third-order valence-corrected chi connectivity index (χ3v) is 2.39. The second kappa shape index (κ2) is 6.08. The maximum absolute atomic E-state index is 11.8. The first kappa shape index (κ1) is 13.3. The highest BCUT2D eigenvalue weighted by atomic mass is 16.3. The smallest absolute Gasteiger partial charge is 0.255 e. The Morgan fingerprint density at radius 1 is 1.47 bits per heavy atom. The van der Waals surface area contributed by atoms with Crippen LogP contribution in [0.25, 0.3) is 0 Å². The molecule has 0 bridgehead atoms. The zero-order valence-corrected chi connectivity index (χ0v) is 10.4. The molecule has 17 heavy (non-hydrogen) atoms. The Balaban J connectivity index is 2.51. The second-order valence-electron chi connectivity index (χ2n) is 3.88. The molecular weight excluding hydrogens is 220 g/mol. The van der Waals surface area contributed by atoms with E-state index in [1.54, 1.807) is 19.9 Å². The van der Waals surface area contributed by atoms with Gasteiger partial charge in [-0.05, 0) is 26.3 Å². The lowest BCUT2D eigenvalue weighted by Crippen LogP contribution is -2.45. The molecule has 1 heterocycles. The van der Waals surface area contributed by atoms with Gasteiger partial charge in [-0.2, -0.15) is 0 Å². The average molecular weight is 238 g/mol. The lowest BCUT2D eigenvalue weighted by Gasteiger charge is -2.13. The van der Waals surface area contributed by atoms with E-state index in [9.17, 15) is 9.59 Å². The van der Waals surface area contributed by atoms with Gasteiger partial charge in [0.25, 0.3) is 5.91 Å². The molecule has 0 aliphatic carbocycles. The second-order valence-corrected chi connectivity index (χ2v) is 3.88. The van der Waals surface area contributed by atoms with Crippen molar-refractivity contribution in [1.29, 1.82) is 0 Å². The molecular formula is C12H18N2O3. The Hall–Kier alpha value is -1.78. The lowest BCUT2D eigenvalue weighted by atomic mass is 10.2. The van der Waals surface area contributed by atoms with Gasteiger partial charge in [0.1, 0.15) is 11.8 Å². The van der Waals surface area contributed by atoms with Crippen LogP contribution in [-0.4, -0.2) is 24.4 Å². The average Bonchev–Trinajstić information content (AvgIpc) is 2.72. The molecule has 2 amide bonds. The van der Waals surface area contributed by atoms with Crippen LogP contribution in [0.3, 0.4) is 0 Å². The number of amides is 2. The van der Waals surface area contributed by atoms with Crippen LogP contribution < -0.4 is 10.6 Å². The summed E-state index contributed by atoms with van der Waals surface area (Å²) in [6.45, 7) is 5.94. The van der Waals surface area contributed by atoms with E-state index in [1.807, 2.05) is 6.92 Å². The van der Waals surface area contributed by atoms with Gasteiger partial charge in [-0.1, -0.05) is 6.92 Å². The molecule has 2 N–H and O–H groups in total. The van der Waals surface area contributed by atoms with E-state index in [-0.39, 0.29) is 11.8 Å². The van der Waals surface area contributed by atoms with Crippen molar-refractivity contribution >= 4 is 11.8 Å². The van der Waals surface area contributed by atoms with Gasteiger partial charge in [0, 0.05) is 6.54 Å². The summed E-state index contributed by atoms with van der Waals surface area (Å²) >= 11 is 0. The Labute approximate surface area is 101 Å². The van der Waals surface area contributed by atoms with Crippen molar-refractivity contribution in [3.63, 3.8) is 0 Å². The van der Waals surface area contributed by atoms with Crippen molar-refractivity contribution in [3.05, 3.63) is 23.7 Å². The summed E-state index contributed by atoms with van der Waals surface area (Å²) in [5.41, 5.74) is 0.458. The summed E-state index contributed by atoms with van der Waals surface area (Å²) in [5, 5.41) is 5.34. The number of carbonyl (C=O) groups excluding carboxylic acids is 2. The Morgan fingerprint density at radius 2 is 2.18 bits per heavy atom. The molecule has 0 saturated heterocycles. The number of hydrogen-bond donors (Lipinski definition) is 2. The first-order chi connectivity index (χ1) is 8.06. The van der Waals surface area contributed by atoms with E-state index in [2.05, 4.69) is 10.6 Å². The summed E-state index contributed by atoms with van der Waals surface area (Å²) < 4.78 is 5.03. The molecule has 1 aromatic heterocycles. The van der Waals surface area contributed by atoms with Gasteiger partial charge in [-0.15, -0.1) is 0 Å². The number of furan rings is 1. The fourth-order valence-electron chi connectivity index (χ4n) is 1.36. The highest BCUT2D eigenvalue weighted by Crippen LogP contribution is 2.08. The van der Waals surface area contributed by atoms with Gasteiger partial charge in [-0.25, -0.2) is 0 Å². The number of hydrogen-bond acceptors (Lipinski definition) is 3. The van der Waals surface area contributed by atoms with Crippen molar-refractivity contribution in [2.75, 3.05) is 6.54 Å². The Morgan fingerprint density at radius 3 is 2.71 bits per heavy atom. The fraction of sp³-hybridized carbons (Fsp3) is 0.500. The van der Waals surface area contributed by atoms with Crippen LogP contribution >= 0.6 is 0 Å². The quantitative estimate of drug-likeness (QED) is 0.810. The molecule has 1 rings (SSSR count). The molecule has 0 fully saturated rings. The SMILES string of the molecule is CCCNC(=O)C(C)NC(=O)c1ccoc1C. The molecule has 0 radical (unpaired) electrons. The highest BCUT2D eigenvalue weighted by molar-refractivity contribution is 5.98. The van der Waals surface area contributed by atoms with Crippen LogP contribution in [0.2, 0.25) is 0 Å². The number of carbonyl (C=O) groups is 2. The van der Waals surface area contributed by atoms with Crippen LogP contribution in [0.5, 0.6) is 0 Å². The van der Waals surface area contributed by atoms with Gasteiger partial charge in [0.15, 0.2) is 0 Å². The van der Waals surface area contributed by atoms with Gasteiger partial charge in [-0.3, -0.25) is 9.59 Å². The van der Waals surface area contributed by atoms with Crippen molar-refractivity contribution in [1.82, 2.24) is 10.6 Å². The van der Waals surface area contributed by atoms with Crippen molar-refractivity contribution in [3.8, 4) is 0 Å². The predicted molar refractivity (Wildman–Crippen MR) is 63.7 cm³/mol. The van der Waals surface area contributed by atoms with E-state index in [0.29, 0.717) is 17.9 Å². The molecule has 0 aliphatic heterocycles. The van der Waals surface area contributed by atoms with Gasteiger partial charge < -0.3 is 15.1 Å². The molecule has 1 atom stereocenters. The highest BCUT2D eigenvalue weighted by Gasteiger charge is 2.18. The van der Waals surface area contributed by atoms with Crippen LogP contribution in [-0.2, 0) is 4.79 Å². The third-order valence-electron chi connectivity index (χ3n) is 2.39. The predicted octanol–water partition coefficient (Wildman–Crippen LogP) is 1.23. The van der Waals surface area contributed by atoms with Gasteiger partial charge >= 0.3 is 0 Å². The topological polar surface area (TPSA) is 71.3 Å². The first-order valence-electron chi connectivity index (χ1n) is 5.69. The molecule has 94 valence electrons. The molecule has 0 saturated carbocycles. The minimum absolute atomic E-state index is 0.179. The normalized spacial score (nSPS) is 11.9. The maximum atomic E-state index is 11.8. The van der Waals surface area contributed by atoms with E-state index in [1.165, 1.54) is 6.26 Å². The Kier molecular flexibility index (Phi) is 4.75. The minimum Gasteiger partial charge on any atom is -0.469 e. The fourth-order valence-corrected chi connectivity index (χ4v) is 1.36. The van der Waals surface area contributed by atoms with E-state index in [4.69, 9.17) is 4.42 Å². The van der Waals surface area contributed by atoms with Gasteiger partial charge in [0.2, 0.25) is 5.91 Å². The summed E-state index contributed by atoms with van der Waals surface area (Å²) in [6.07, 6.45) is 2.32. The standard InChI is InChI=1S/C12H18N2O3/c1-4-6-13-11(15)8(2)14-12(16)10-5-7-17-9(10)3/h5,7-8H,4,6H2,1-3H3,(H,13,15)(H,14,16). The summed E-state index contributed by atoms with van der Waals surface area (Å²) in [7, 11) is 0.